The van der Waals surface area contributed by atoms with Crippen molar-refractivity contribution in [2.75, 3.05) is 12.3 Å². The molecule has 0 aliphatic heterocycles. The van der Waals surface area contributed by atoms with Gasteiger partial charge in [0.1, 0.15) is 0 Å². The molecule has 0 unspecified atom stereocenters. The maximum Gasteiger partial charge on any atom is 0.269 e. The molecule has 0 spiro atoms. The lowest BCUT2D eigenvalue weighted by atomic mass is 10.2. The smallest absolute Gasteiger partial charge is 0.269 e. The third kappa shape index (κ3) is 5.29. The number of tetrazole rings is 1. The summed E-state index contributed by atoms with van der Waals surface area (Å²) in [5, 5.41) is 25.8. The van der Waals surface area contributed by atoms with E-state index in [4.69, 9.17) is 0 Å². The Morgan fingerprint density at radius 1 is 1.48 bits per heavy atom. The van der Waals surface area contributed by atoms with Gasteiger partial charge in [0.05, 0.1) is 4.92 Å². The summed E-state index contributed by atoms with van der Waals surface area (Å²) in [6.45, 7) is 1.36. The second kappa shape index (κ2) is 8.55. The first-order valence-corrected chi connectivity index (χ1v) is 6.94. The van der Waals surface area contributed by atoms with Gasteiger partial charge in [0.25, 0.3) is 5.69 Å². The minimum atomic E-state index is -0.388. The van der Waals surface area contributed by atoms with Crippen LogP contribution in [0.15, 0.2) is 29.4 Å². The van der Waals surface area contributed by atoms with Crippen LogP contribution in [0.1, 0.15) is 5.56 Å². The highest BCUT2D eigenvalue weighted by Crippen LogP contribution is 2.13. The van der Waals surface area contributed by atoms with Crippen molar-refractivity contribution in [1.29, 1.82) is 0 Å². The molecule has 8 nitrogen and oxygen atoms in total. The number of thioether (sulfide) groups is 1. The van der Waals surface area contributed by atoms with Crippen molar-refractivity contribution in [2.45, 2.75) is 11.7 Å². The first-order chi connectivity index (χ1) is 9.66. The molecule has 2 aromatic rings. The number of nitro groups is 1. The van der Waals surface area contributed by atoms with Crippen molar-refractivity contribution < 1.29 is 4.92 Å². The van der Waals surface area contributed by atoms with Crippen LogP contribution in [0.5, 0.6) is 0 Å². The number of aryl methyl sites for hydroxylation is 1. The molecule has 0 saturated heterocycles. The van der Waals surface area contributed by atoms with Crippen molar-refractivity contribution >= 4 is 29.9 Å². The van der Waals surface area contributed by atoms with E-state index in [0.29, 0.717) is 6.54 Å². The Labute approximate surface area is 131 Å². The van der Waals surface area contributed by atoms with E-state index >= 15 is 0 Å². The SMILES string of the molecule is Cl.Cn1nnnc1SCCNCc1cccc([N+](=O)[O-])c1. The van der Waals surface area contributed by atoms with E-state index in [-0.39, 0.29) is 23.0 Å². The fraction of sp³-hybridized carbons (Fsp3) is 0.364. The fourth-order valence-electron chi connectivity index (χ4n) is 1.57. The van der Waals surface area contributed by atoms with Crippen LogP contribution in [0, 0.1) is 10.1 Å². The van der Waals surface area contributed by atoms with Crippen LogP contribution in [-0.2, 0) is 13.6 Å². The second-order valence-corrected chi connectivity index (χ2v) is 5.10. The molecule has 2 rings (SSSR count). The standard InChI is InChI=1S/C11H14N6O2S.ClH/c1-16-11(13-14-15-16)20-6-5-12-8-9-3-2-4-10(7-9)17(18)19;/h2-4,7,12H,5-6,8H2,1H3;1H. The molecular formula is C11H15ClN6O2S. The van der Waals surface area contributed by atoms with E-state index in [2.05, 4.69) is 20.8 Å². The normalized spacial score (nSPS) is 10.1. The first kappa shape index (κ1) is 17.3. The predicted octanol–water partition coefficient (Wildman–Crippen LogP) is 1.42. The van der Waals surface area contributed by atoms with Gasteiger partial charge in [0.15, 0.2) is 0 Å². The zero-order chi connectivity index (χ0) is 14.4. The number of rotatable bonds is 7. The highest BCUT2D eigenvalue weighted by molar-refractivity contribution is 7.99. The quantitative estimate of drug-likeness (QED) is 0.355. The minimum Gasteiger partial charge on any atom is -0.312 e. The van der Waals surface area contributed by atoms with Crippen molar-refractivity contribution in [3.8, 4) is 0 Å². The van der Waals surface area contributed by atoms with Crippen LogP contribution >= 0.6 is 24.2 Å². The summed E-state index contributed by atoms with van der Waals surface area (Å²) in [5.74, 6) is 0.823. The Balaban J connectivity index is 0.00000220. The molecule has 114 valence electrons. The van der Waals surface area contributed by atoms with Gasteiger partial charge in [-0.15, -0.1) is 17.5 Å². The molecule has 0 saturated carbocycles. The van der Waals surface area contributed by atoms with Gasteiger partial charge < -0.3 is 5.32 Å². The number of nitro benzene ring substituents is 1. The van der Waals surface area contributed by atoms with Gasteiger partial charge in [0, 0.05) is 38.0 Å². The molecule has 0 amide bonds. The van der Waals surface area contributed by atoms with Crippen molar-refractivity contribution in [3.05, 3.63) is 39.9 Å². The summed E-state index contributed by atoms with van der Waals surface area (Å²) in [4.78, 5) is 10.3. The van der Waals surface area contributed by atoms with Gasteiger partial charge in [-0.1, -0.05) is 23.9 Å². The molecule has 1 aromatic heterocycles. The molecule has 0 fully saturated rings. The average Bonchev–Trinajstić information content (AvgIpc) is 2.84. The lowest BCUT2D eigenvalue weighted by Gasteiger charge is -2.04. The number of benzene rings is 1. The van der Waals surface area contributed by atoms with Crippen LogP contribution in [0.4, 0.5) is 5.69 Å². The minimum absolute atomic E-state index is 0. The molecule has 21 heavy (non-hydrogen) atoms. The van der Waals surface area contributed by atoms with Gasteiger partial charge in [0.2, 0.25) is 5.16 Å². The topological polar surface area (TPSA) is 98.8 Å². The van der Waals surface area contributed by atoms with Crippen LogP contribution in [0.25, 0.3) is 0 Å². The number of hydrogen-bond donors (Lipinski definition) is 1. The molecule has 1 N–H and O–H groups in total. The van der Waals surface area contributed by atoms with E-state index in [0.717, 1.165) is 23.0 Å². The van der Waals surface area contributed by atoms with Crippen LogP contribution in [0.2, 0.25) is 0 Å². The molecule has 1 heterocycles. The van der Waals surface area contributed by atoms with Gasteiger partial charge in [-0.2, -0.15) is 0 Å². The molecular weight excluding hydrogens is 316 g/mol. The molecule has 0 aliphatic carbocycles. The molecule has 10 heteroatoms. The van der Waals surface area contributed by atoms with Gasteiger partial charge in [-0.25, -0.2) is 4.68 Å². The lowest BCUT2D eigenvalue weighted by molar-refractivity contribution is -0.384. The maximum absolute atomic E-state index is 10.7. The zero-order valence-corrected chi connectivity index (χ0v) is 12.9. The van der Waals surface area contributed by atoms with E-state index in [1.807, 2.05) is 6.07 Å². The summed E-state index contributed by atoms with van der Waals surface area (Å²) in [6.07, 6.45) is 0. The zero-order valence-electron chi connectivity index (χ0n) is 11.3. The highest BCUT2D eigenvalue weighted by Gasteiger charge is 2.05. The van der Waals surface area contributed by atoms with Gasteiger partial charge in [-0.3, -0.25) is 10.1 Å². The summed E-state index contributed by atoms with van der Waals surface area (Å²) >= 11 is 1.55. The molecule has 0 radical (unpaired) electrons. The van der Waals surface area contributed by atoms with Crippen LogP contribution in [0.3, 0.4) is 0 Å². The van der Waals surface area contributed by atoms with Gasteiger partial charge >= 0.3 is 0 Å². The second-order valence-electron chi connectivity index (χ2n) is 4.04. The number of aromatic nitrogens is 4. The number of halogens is 1. The van der Waals surface area contributed by atoms with E-state index in [9.17, 15) is 10.1 Å². The molecule has 0 atom stereocenters. The van der Waals surface area contributed by atoms with Crippen molar-refractivity contribution in [3.63, 3.8) is 0 Å². The van der Waals surface area contributed by atoms with Crippen LogP contribution < -0.4 is 5.32 Å². The Bertz CT molecular complexity index is 594. The van der Waals surface area contributed by atoms with Crippen molar-refractivity contribution in [1.82, 2.24) is 25.5 Å². The van der Waals surface area contributed by atoms with E-state index in [1.165, 1.54) is 6.07 Å². The molecule has 1 aromatic carbocycles. The van der Waals surface area contributed by atoms with Gasteiger partial charge in [-0.05, 0) is 16.0 Å². The first-order valence-electron chi connectivity index (χ1n) is 5.96. The molecule has 0 bridgehead atoms. The summed E-state index contributed by atoms with van der Waals surface area (Å²) in [7, 11) is 1.79. The largest absolute Gasteiger partial charge is 0.312 e. The summed E-state index contributed by atoms with van der Waals surface area (Å²) < 4.78 is 1.62. The third-order valence-electron chi connectivity index (χ3n) is 2.54. The number of non-ortho nitro benzene ring substituents is 1. The Hall–Kier alpha value is -1.71. The Morgan fingerprint density at radius 2 is 2.29 bits per heavy atom. The highest BCUT2D eigenvalue weighted by atomic mass is 35.5. The lowest BCUT2D eigenvalue weighted by Crippen LogP contribution is -2.16. The Morgan fingerprint density at radius 3 is 2.95 bits per heavy atom. The number of hydrogen-bond acceptors (Lipinski definition) is 7. The van der Waals surface area contributed by atoms with E-state index in [1.54, 1.807) is 35.6 Å². The van der Waals surface area contributed by atoms with Crippen molar-refractivity contribution in [2.24, 2.45) is 7.05 Å². The predicted molar refractivity (Wildman–Crippen MR) is 81.6 cm³/mol. The van der Waals surface area contributed by atoms with Crippen LogP contribution in [-0.4, -0.2) is 37.4 Å². The average molecular weight is 331 g/mol. The molecule has 0 aliphatic rings. The van der Waals surface area contributed by atoms with E-state index < -0.39 is 0 Å². The monoisotopic (exact) mass is 330 g/mol. The number of nitrogens with zero attached hydrogens (tertiary/aromatic N) is 5. The summed E-state index contributed by atoms with van der Waals surface area (Å²) in [5.41, 5.74) is 1.01. The Kier molecular flexibility index (Phi) is 7.06. The number of nitrogens with one attached hydrogen (secondary N) is 1. The third-order valence-corrected chi connectivity index (χ3v) is 3.55. The summed E-state index contributed by atoms with van der Waals surface area (Å²) in [6, 6.07) is 6.61. The fourth-order valence-corrected chi connectivity index (χ4v) is 2.32. The maximum atomic E-state index is 10.7.